The molecule has 2 fully saturated rings. The lowest BCUT2D eigenvalue weighted by Crippen LogP contribution is -2.48. The summed E-state index contributed by atoms with van der Waals surface area (Å²) in [4.78, 5) is 7.47. The smallest absolute Gasteiger partial charge is 0.191 e. The lowest BCUT2D eigenvalue weighted by molar-refractivity contribution is 0.0890. The van der Waals surface area contributed by atoms with Crippen LogP contribution in [0.15, 0.2) is 34.1 Å². The number of hydrogen-bond acceptors (Lipinski definition) is 6. The third-order valence-electron chi connectivity index (χ3n) is 6.42. The van der Waals surface area contributed by atoms with Crippen LogP contribution in [0.2, 0.25) is 0 Å². The van der Waals surface area contributed by atoms with Gasteiger partial charge in [0, 0.05) is 26.1 Å². The average molecular weight is 572 g/mol. The van der Waals surface area contributed by atoms with Crippen LogP contribution in [-0.4, -0.2) is 70.6 Å². The Morgan fingerprint density at radius 1 is 1.30 bits per heavy atom. The standard InChI is InChI=1S/C23H37N7O2.HI/c1-3-22-28-26-17-30(22)13-10-24-23(27-18(2)20-8-6-14-31-20)25-16-19(21-9-7-15-32-21)29-11-4-5-12-29;/h7,9,15,17-20H,3-6,8,10-14,16H2,1-2H3,(H2,24,25,27);1H. The van der Waals surface area contributed by atoms with E-state index in [1.807, 2.05) is 6.07 Å². The van der Waals surface area contributed by atoms with Crippen molar-refractivity contribution in [2.75, 3.05) is 32.8 Å². The molecule has 9 nitrogen and oxygen atoms in total. The van der Waals surface area contributed by atoms with Crippen LogP contribution < -0.4 is 10.6 Å². The maximum absolute atomic E-state index is 5.89. The summed E-state index contributed by atoms with van der Waals surface area (Å²) >= 11 is 0. The number of rotatable bonds is 10. The molecule has 0 aliphatic carbocycles. The van der Waals surface area contributed by atoms with E-state index in [1.54, 1.807) is 12.6 Å². The summed E-state index contributed by atoms with van der Waals surface area (Å²) in [5.74, 6) is 2.80. The molecular weight excluding hydrogens is 533 g/mol. The molecule has 4 rings (SSSR count). The monoisotopic (exact) mass is 571 g/mol. The van der Waals surface area contributed by atoms with Crippen molar-refractivity contribution in [1.29, 1.82) is 0 Å². The van der Waals surface area contributed by atoms with E-state index in [4.69, 9.17) is 14.1 Å². The molecule has 10 heteroatoms. The van der Waals surface area contributed by atoms with E-state index in [9.17, 15) is 0 Å². The molecule has 2 aromatic heterocycles. The van der Waals surface area contributed by atoms with Crippen LogP contribution >= 0.6 is 24.0 Å². The number of guanidine groups is 1. The van der Waals surface area contributed by atoms with Gasteiger partial charge in [0.1, 0.15) is 17.9 Å². The number of ether oxygens (including phenoxy) is 1. The van der Waals surface area contributed by atoms with Gasteiger partial charge in [0.2, 0.25) is 0 Å². The van der Waals surface area contributed by atoms with Crippen LogP contribution in [0.4, 0.5) is 0 Å². The first kappa shape index (κ1) is 26.0. The summed E-state index contributed by atoms with van der Waals surface area (Å²) in [5, 5.41) is 15.3. The second-order valence-corrected chi connectivity index (χ2v) is 8.67. The number of hydrogen-bond donors (Lipinski definition) is 2. The van der Waals surface area contributed by atoms with Gasteiger partial charge < -0.3 is 24.4 Å². The Hall–Kier alpha value is -1.66. The Kier molecular flexibility index (Phi) is 10.4. The molecule has 2 saturated heterocycles. The van der Waals surface area contributed by atoms with Gasteiger partial charge in [-0.2, -0.15) is 0 Å². The molecule has 2 aliphatic heterocycles. The van der Waals surface area contributed by atoms with Gasteiger partial charge >= 0.3 is 0 Å². The second-order valence-electron chi connectivity index (χ2n) is 8.67. The van der Waals surface area contributed by atoms with E-state index < -0.39 is 0 Å². The zero-order valence-corrected chi connectivity index (χ0v) is 22.1. The van der Waals surface area contributed by atoms with Gasteiger partial charge in [-0.15, -0.1) is 34.2 Å². The van der Waals surface area contributed by atoms with Crippen molar-refractivity contribution in [2.24, 2.45) is 4.99 Å². The van der Waals surface area contributed by atoms with Crippen LogP contribution in [0, 0.1) is 0 Å². The molecule has 0 aromatic carbocycles. The minimum atomic E-state index is 0. The number of halogens is 1. The molecule has 3 unspecified atom stereocenters. The number of furan rings is 1. The van der Waals surface area contributed by atoms with Crippen molar-refractivity contribution >= 4 is 29.9 Å². The van der Waals surface area contributed by atoms with E-state index in [-0.39, 0.29) is 42.2 Å². The SMILES string of the molecule is CCc1nncn1CCNC(=NCC(c1ccco1)N1CCCC1)NC(C)C1CCCO1.I. The van der Waals surface area contributed by atoms with Crippen LogP contribution in [0.25, 0.3) is 0 Å². The highest BCUT2D eigenvalue weighted by Gasteiger charge is 2.26. The first-order chi connectivity index (χ1) is 15.7. The predicted octanol–water partition coefficient (Wildman–Crippen LogP) is 2.99. The van der Waals surface area contributed by atoms with Crippen molar-refractivity contribution in [1.82, 2.24) is 30.3 Å². The van der Waals surface area contributed by atoms with Crippen molar-refractivity contribution in [3.8, 4) is 0 Å². The zero-order chi connectivity index (χ0) is 22.2. The van der Waals surface area contributed by atoms with Gasteiger partial charge in [0.25, 0.3) is 0 Å². The third kappa shape index (κ3) is 7.16. The van der Waals surface area contributed by atoms with E-state index in [1.165, 1.54) is 12.8 Å². The normalized spacial score (nSPS) is 21.0. The molecular formula is C23H38IN7O2. The first-order valence-electron chi connectivity index (χ1n) is 12.0. The molecule has 2 aliphatic rings. The number of aliphatic imine (C=N–C) groups is 1. The highest BCUT2D eigenvalue weighted by Crippen LogP contribution is 2.25. The molecule has 3 atom stereocenters. The number of nitrogens with zero attached hydrogens (tertiary/aromatic N) is 5. The predicted molar refractivity (Wildman–Crippen MR) is 139 cm³/mol. The number of nitrogens with one attached hydrogen (secondary N) is 2. The van der Waals surface area contributed by atoms with E-state index in [0.717, 1.165) is 69.6 Å². The maximum Gasteiger partial charge on any atom is 0.191 e. The van der Waals surface area contributed by atoms with Gasteiger partial charge in [0.15, 0.2) is 5.96 Å². The summed E-state index contributed by atoms with van der Waals surface area (Å²) in [5.41, 5.74) is 0. The molecule has 0 radical (unpaired) electrons. The van der Waals surface area contributed by atoms with Gasteiger partial charge in [-0.05, 0) is 57.8 Å². The summed E-state index contributed by atoms with van der Waals surface area (Å²) in [6, 6.07) is 4.38. The summed E-state index contributed by atoms with van der Waals surface area (Å²) in [6.07, 6.45) is 9.33. The first-order valence-corrected chi connectivity index (χ1v) is 12.0. The minimum absolute atomic E-state index is 0. The fourth-order valence-corrected chi connectivity index (χ4v) is 4.59. The van der Waals surface area contributed by atoms with Gasteiger partial charge in [-0.3, -0.25) is 9.89 Å². The molecule has 2 aromatic rings. The highest BCUT2D eigenvalue weighted by atomic mass is 127. The van der Waals surface area contributed by atoms with Gasteiger partial charge in [-0.25, -0.2) is 0 Å². The van der Waals surface area contributed by atoms with E-state index in [0.29, 0.717) is 6.54 Å². The summed E-state index contributed by atoms with van der Waals surface area (Å²) < 4.78 is 13.7. The van der Waals surface area contributed by atoms with Crippen molar-refractivity contribution < 1.29 is 9.15 Å². The quantitative estimate of drug-likeness (QED) is 0.258. The molecule has 2 N–H and O–H groups in total. The molecule has 0 saturated carbocycles. The summed E-state index contributed by atoms with van der Waals surface area (Å²) in [6.45, 7) is 9.48. The summed E-state index contributed by atoms with van der Waals surface area (Å²) in [7, 11) is 0. The highest BCUT2D eigenvalue weighted by molar-refractivity contribution is 14.0. The molecule has 0 spiro atoms. The number of aromatic nitrogens is 3. The minimum Gasteiger partial charge on any atom is -0.468 e. The average Bonchev–Trinajstić information content (AvgIpc) is 3.61. The third-order valence-corrected chi connectivity index (χ3v) is 6.42. The molecule has 0 amide bonds. The zero-order valence-electron chi connectivity index (χ0n) is 19.8. The second kappa shape index (κ2) is 13.3. The fourth-order valence-electron chi connectivity index (χ4n) is 4.59. The number of likely N-dealkylation sites (tertiary alicyclic amines) is 1. The maximum atomic E-state index is 5.89. The van der Waals surface area contributed by atoms with Crippen molar-refractivity contribution in [2.45, 2.75) is 70.7 Å². The van der Waals surface area contributed by atoms with E-state index in [2.05, 4.69) is 50.2 Å². The Labute approximate surface area is 213 Å². The molecule has 0 bridgehead atoms. The number of aryl methyl sites for hydroxylation is 1. The lowest BCUT2D eigenvalue weighted by atomic mass is 10.1. The van der Waals surface area contributed by atoms with Crippen molar-refractivity contribution in [3.63, 3.8) is 0 Å². The Morgan fingerprint density at radius 2 is 2.15 bits per heavy atom. The fraction of sp³-hybridized carbons (Fsp3) is 0.696. The Morgan fingerprint density at radius 3 is 2.85 bits per heavy atom. The molecule has 33 heavy (non-hydrogen) atoms. The topological polar surface area (TPSA) is 92.7 Å². The molecule has 184 valence electrons. The van der Waals surface area contributed by atoms with Crippen LogP contribution in [-0.2, 0) is 17.7 Å². The lowest BCUT2D eigenvalue weighted by Gasteiger charge is -2.26. The van der Waals surface area contributed by atoms with Crippen LogP contribution in [0.1, 0.15) is 57.2 Å². The van der Waals surface area contributed by atoms with Gasteiger partial charge in [0.05, 0.1) is 31.0 Å². The Balaban J connectivity index is 0.00000306. The largest absolute Gasteiger partial charge is 0.468 e. The van der Waals surface area contributed by atoms with Crippen LogP contribution in [0.5, 0.6) is 0 Å². The van der Waals surface area contributed by atoms with E-state index >= 15 is 0 Å². The molecule has 4 heterocycles. The van der Waals surface area contributed by atoms with Crippen LogP contribution in [0.3, 0.4) is 0 Å². The van der Waals surface area contributed by atoms with Crippen molar-refractivity contribution in [3.05, 3.63) is 36.3 Å². The van der Waals surface area contributed by atoms with Gasteiger partial charge in [-0.1, -0.05) is 6.92 Å². The Bertz CT molecular complexity index is 830.